The first-order valence-electron chi connectivity index (χ1n) is 15.5. The topological polar surface area (TPSA) is 87.7 Å². The molecule has 0 aliphatic rings. The number of aryl methyl sites for hydroxylation is 2. The van der Waals surface area contributed by atoms with Gasteiger partial charge in [-0.05, 0) is 83.1 Å². The Bertz CT molecular complexity index is 1380. The Morgan fingerprint density at radius 3 is 2.02 bits per heavy atom. The quantitative estimate of drug-likeness (QED) is 0.223. The van der Waals surface area contributed by atoms with Gasteiger partial charge in [0.15, 0.2) is 0 Å². The van der Waals surface area contributed by atoms with Crippen molar-refractivity contribution in [1.82, 2.24) is 10.2 Å². The molecule has 0 aliphatic carbocycles. The minimum atomic E-state index is -0.965. The van der Waals surface area contributed by atoms with Gasteiger partial charge >= 0.3 is 6.09 Å². The molecule has 3 amide bonds. The summed E-state index contributed by atoms with van der Waals surface area (Å²) in [6.45, 7) is 15.5. The van der Waals surface area contributed by atoms with Gasteiger partial charge in [0.25, 0.3) is 5.91 Å². The van der Waals surface area contributed by atoms with E-state index >= 15 is 0 Å². The first-order valence-corrected chi connectivity index (χ1v) is 15.5. The van der Waals surface area contributed by atoms with Crippen LogP contribution < -0.4 is 10.6 Å². The molecular formula is C37H49N3O4. The van der Waals surface area contributed by atoms with Crippen molar-refractivity contribution in [3.63, 3.8) is 0 Å². The van der Waals surface area contributed by atoms with Gasteiger partial charge in [-0.1, -0.05) is 92.2 Å². The van der Waals surface area contributed by atoms with Crippen LogP contribution in [0.5, 0.6) is 0 Å². The summed E-state index contributed by atoms with van der Waals surface area (Å²) in [7, 11) is 0. The van der Waals surface area contributed by atoms with Crippen LogP contribution in [-0.2, 0) is 20.7 Å². The molecule has 7 nitrogen and oxygen atoms in total. The van der Waals surface area contributed by atoms with Crippen LogP contribution in [0.4, 0.5) is 10.5 Å². The van der Waals surface area contributed by atoms with Gasteiger partial charge in [0, 0.05) is 18.2 Å². The smallest absolute Gasteiger partial charge is 0.408 e. The molecule has 3 aromatic rings. The summed E-state index contributed by atoms with van der Waals surface area (Å²) in [5, 5.41) is 5.95. The molecule has 3 unspecified atom stereocenters. The number of para-hydroxylation sites is 1. The van der Waals surface area contributed by atoms with Crippen molar-refractivity contribution >= 4 is 23.6 Å². The Hall–Kier alpha value is -4.13. The Morgan fingerprint density at radius 2 is 1.43 bits per heavy atom. The molecule has 0 saturated carbocycles. The van der Waals surface area contributed by atoms with Crippen molar-refractivity contribution in [3.05, 3.63) is 101 Å². The van der Waals surface area contributed by atoms with Gasteiger partial charge in [0.2, 0.25) is 5.91 Å². The van der Waals surface area contributed by atoms with E-state index in [-0.39, 0.29) is 24.3 Å². The van der Waals surface area contributed by atoms with Gasteiger partial charge in [-0.15, -0.1) is 0 Å². The van der Waals surface area contributed by atoms with Crippen LogP contribution in [0.2, 0.25) is 0 Å². The summed E-state index contributed by atoms with van der Waals surface area (Å²) in [4.78, 5) is 43.9. The summed E-state index contributed by atoms with van der Waals surface area (Å²) < 4.78 is 5.57. The fraction of sp³-hybridized carbons (Fsp3) is 0.432. The van der Waals surface area contributed by atoms with E-state index in [0.29, 0.717) is 23.6 Å². The molecule has 0 aromatic heterocycles. The molecule has 0 bridgehead atoms. The number of alkyl carbamates (subject to hydrolysis) is 1. The molecule has 3 rings (SSSR count). The highest BCUT2D eigenvalue weighted by Gasteiger charge is 2.39. The first-order chi connectivity index (χ1) is 20.7. The summed E-state index contributed by atoms with van der Waals surface area (Å²) in [6, 6.07) is 22.6. The Balaban J connectivity index is 2.13. The Morgan fingerprint density at radius 1 is 0.818 bits per heavy atom. The first kappa shape index (κ1) is 34.4. The van der Waals surface area contributed by atoms with Crippen molar-refractivity contribution in [2.24, 2.45) is 5.92 Å². The SMILES string of the molecule is Cc1ccc(C(C(=O)Nc2ccccc2C)N(C(=O)C(Cc2ccccc2)NC(=O)OC(C)(C)C)C(C)CCC(C)C)cc1. The average Bonchev–Trinajstić information content (AvgIpc) is 2.95. The van der Waals surface area contributed by atoms with Crippen molar-refractivity contribution in [2.75, 3.05) is 5.32 Å². The van der Waals surface area contributed by atoms with Gasteiger partial charge in [0.05, 0.1) is 0 Å². The van der Waals surface area contributed by atoms with Crippen molar-refractivity contribution in [3.8, 4) is 0 Å². The molecule has 0 spiro atoms. The maximum absolute atomic E-state index is 14.8. The van der Waals surface area contributed by atoms with Crippen LogP contribution in [0.3, 0.4) is 0 Å². The third-order valence-electron chi connectivity index (χ3n) is 7.49. The lowest BCUT2D eigenvalue weighted by atomic mass is 9.95. The van der Waals surface area contributed by atoms with Gasteiger partial charge in [-0.3, -0.25) is 9.59 Å². The maximum atomic E-state index is 14.8. The number of anilines is 1. The molecular weight excluding hydrogens is 550 g/mol. The van der Waals surface area contributed by atoms with Gasteiger partial charge in [-0.2, -0.15) is 0 Å². The minimum absolute atomic E-state index is 0.242. The largest absolute Gasteiger partial charge is 0.444 e. The van der Waals surface area contributed by atoms with E-state index in [2.05, 4.69) is 24.5 Å². The Kier molecular flexibility index (Phi) is 12.1. The third-order valence-corrected chi connectivity index (χ3v) is 7.49. The number of nitrogens with zero attached hydrogens (tertiary/aromatic N) is 1. The number of rotatable bonds is 12. The zero-order valence-corrected chi connectivity index (χ0v) is 27.5. The predicted molar refractivity (Wildman–Crippen MR) is 177 cm³/mol. The molecule has 2 N–H and O–H groups in total. The molecule has 0 saturated heterocycles. The van der Waals surface area contributed by atoms with Gasteiger partial charge < -0.3 is 20.3 Å². The third kappa shape index (κ3) is 10.2. The van der Waals surface area contributed by atoms with E-state index in [9.17, 15) is 14.4 Å². The highest BCUT2D eigenvalue weighted by Crippen LogP contribution is 2.30. The molecule has 0 aliphatic heterocycles. The highest BCUT2D eigenvalue weighted by atomic mass is 16.6. The number of nitrogens with one attached hydrogen (secondary N) is 2. The number of benzene rings is 3. The second-order valence-electron chi connectivity index (χ2n) is 13.1. The molecule has 236 valence electrons. The Labute approximate surface area is 263 Å². The summed E-state index contributed by atoms with van der Waals surface area (Å²) in [6.07, 6.45) is 1.12. The lowest BCUT2D eigenvalue weighted by Gasteiger charge is -2.39. The summed E-state index contributed by atoms with van der Waals surface area (Å²) in [5.41, 5.74) is 3.49. The molecule has 0 radical (unpaired) electrons. The van der Waals surface area contributed by atoms with Gasteiger partial charge in [0.1, 0.15) is 17.7 Å². The number of amides is 3. The lowest BCUT2D eigenvalue weighted by Crippen LogP contribution is -2.55. The molecule has 7 heteroatoms. The monoisotopic (exact) mass is 599 g/mol. The molecule has 3 aromatic carbocycles. The van der Waals surface area contributed by atoms with Crippen LogP contribution in [0.15, 0.2) is 78.9 Å². The zero-order chi connectivity index (χ0) is 32.4. The van der Waals surface area contributed by atoms with Crippen LogP contribution >= 0.6 is 0 Å². The average molecular weight is 600 g/mol. The zero-order valence-electron chi connectivity index (χ0n) is 27.5. The van der Waals surface area contributed by atoms with Crippen LogP contribution in [0.25, 0.3) is 0 Å². The van der Waals surface area contributed by atoms with E-state index in [0.717, 1.165) is 23.1 Å². The van der Waals surface area contributed by atoms with Crippen molar-refractivity contribution < 1.29 is 19.1 Å². The number of carbonyl (C=O) groups excluding carboxylic acids is 3. The van der Waals surface area contributed by atoms with E-state index < -0.39 is 23.8 Å². The van der Waals surface area contributed by atoms with Crippen LogP contribution in [0.1, 0.15) is 82.7 Å². The van der Waals surface area contributed by atoms with E-state index in [4.69, 9.17) is 4.74 Å². The number of carbonyl (C=O) groups is 3. The molecule has 3 atom stereocenters. The second kappa shape index (κ2) is 15.6. The number of hydrogen-bond acceptors (Lipinski definition) is 4. The molecule has 44 heavy (non-hydrogen) atoms. The number of ether oxygens (including phenoxy) is 1. The minimum Gasteiger partial charge on any atom is -0.444 e. The normalized spacial score (nSPS) is 13.5. The molecule has 0 fully saturated rings. The second-order valence-corrected chi connectivity index (χ2v) is 13.1. The fourth-order valence-electron chi connectivity index (χ4n) is 5.09. The van der Waals surface area contributed by atoms with E-state index in [1.54, 1.807) is 25.7 Å². The van der Waals surface area contributed by atoms with E-state index in [1.807, 2.05) is 99.6 Å². The summed E-state index contributed by atoms with van der Waals surface area (Å²) >= 11 is 0. The predicted octanol–water partition coefficient (Wildman–Crippen LogP) is 7.77. The van der Waals surface area contributed by atoms with Gasteiger partial charge in [-0.25, -0.2) is 4.79 Å². The van der Waals surface area contributed by atoms with Crippen molar-refractivity contribution in [1.29, 1.82) is 0 Å². The van der Waals surface area contributed by atoms with Crippen molar-refractivity contribution in [2.45, 2.75) is 98.4 Å². The van der Waals surface area contributed by atoms with E-state index in [1.165, 1.54) is 0 Å². The fourth-order valence-corrected chi connectivity index (χ4v) is 5.09. The number of hydrogen-bond donors (Lipinski definition) is 2. The van der Waals surface area contributed by atoms with Crippen LogP contribution in [-0.4, -0.2) is 40.5 Å². The maximum Gasteiger partial charge on any atom is 0.408 e. The standard InChI is InChI=1S/C37H49N3O4/c1-25(2)18-21-28(5)40(35(42)32(24-29-15-10-9-11-16-29)39-36(43)44-37(6,7)8)33(30-22-19-26(3)20-23-30)34(41)38-31-17-13-12-14-27(31)4/h9-17,19-20,22-23,25,28,32-33H,18,21,24H2,1-8H3,(H,38,41)(H,39,43). The highest BCUT2D eigenvalue weighted by molar-refractivity contribution is 5.99. The summed E-state index contributed by atoms with van der Waals surface area (Å²) in [5.74, 6) is -0.252. The van der Waals surface area contributed by atoms with Crippen LogP contribution in [0, 0.1) is 19.8 Å². The molecule has 0 heterocycles. The lowest BCUT2D eigenvalue weighted by molar-refractivity contribution is -0.143.